The number of carbonyl (C=O) groups excluding carboxylic acids is 2. The van der Waals surface area contributed by atoms with E-state index in [-0.39, 0.29) is 0 Å². The maximum atomic E-state index is 11.4. The average molecular weight is 230 g/mol. The van der Waals surface area contributed by atoms with Crippen molar-refractivity contribution in [1.29, 1.82) is 0 Å². The van der Waals surface area contributed by atoms with Gasteiger partial charge in [-0.15, -0.1) is 11.3 Å². The number of amides is 1. The normalized spacial score (nSPS) is 11.9. The van der Waals surface area contributed by atoms with Gasteiger partial charge in [-0.2, -0.15) is 0 Å². The van der Waals surface area contributed by atoms with Gasteiger partial charge in [-0.25, -0.2) is 4.79 Å². The minimum absolute atomic E-state index is 0.373. The molecule has 0 saturated heterocycles. The Morgan fingerprint density at radius 1 is 1.73 bits per heavy atom. The molecule has 0 aromatic carbocycles. The number of nitrogens with zero attached hydrogens (tertiary/aromatic N) is 1. The first kappa shape index (κ1) is 11.6. The zero-order valence-electron chi connectivity index (χ0n) is 7.97. The highest BCUT2D eigenvalue weighted by atomic mass is 32.1. The van der Waals surface area contributed by atoms with E-state index in [0.717, 1.165) is 11.3 Å². The van der Waals surface area contributed by atoms with Crippen LogP contribution in [0.25, 0.3) is 0 Å². The molecule has 6 nitrogen and oxygen atoms in total. The zero-order valence-corrected chi connectivity index (χ0v) is 8.78. The summed E-state index contributed by atoms with van der Waals surface area (Å²) in [6, 6.07) is -1.04. The van der Waals surface area contributed by atoms with Crippen LogP contribution in [0.4, 0.5) is 0 Å². The first-order chi connectivity index (χ1) is 7.19. The average Bonchev–Trinajstić information content (AvgIpc) is 2.77. The summed E-state index contributed by atoms with van der Waals surface area (Å²) in [5, 5.41) is 11.2. The number of carbonyl (C=O) groups is 2. The van der Waals surface area contributed by atoms with Gasteiger partial charge in [0.2, 0.25) is 0 Å². The van der Waals surface area contributed by atoms with Gasteiger partial charge in [-0.3, -0.25) is 9.78 Å². The lowest BCUT2D eigenvalue weighted by Gasteiger charge is -2.12. The first-order valence-electron chi connectivity index (χ1n) is 4.07. The van der Waals surface area contributed by atoms with Crippen LogP contribution >= 0.6 is 11.3 Å². The topological polar surface area (TPSA) is 88.5 Å². The number of methoxy groups -OCH3 is 1. The highest BCUT2D eigenvalue weighted by Crippen LogP contribution is 2.05. The van der Waals surface area contributed by atoms with Gasteiger partial charge < -0.3 is 15.2 Å². The molecule has 0 fully saturated rings. The van der Waals surface area contributed by atoms with Crippen molar-refractivity contribution in [2.75, 3.05) is 13.7 Å². The molecule has 82 valence electrons. The van der Waals surface area contributed by atoms with E-state index >= 15 is 0 Å². The number of aliphatic hydroxyl groups excluding tert-OH is 1. The molecule has 0 aliphatic heterocycles. The fourth-order valence-corrected chi connectivity index (χ4v) is 1.40. The highest BCUT2D eigenvalue weighted by molar-refractivity contribution is 7.11. The van der Waals surface area contributed by atoms with Crippen LogP contribution in [-0.2, 0) is 9.53 Å². The summed E-state index contributed by atoms with van der Waals surface area (Å²) in [4.78, 5) is 26.6. The zero-order chi connectivity index (χ0) is 11.3. The molecule has 1 heterocycles. The Bertz CT molecular complexity index is 338. The lowest BCUT2D eigenvalue weighted by Crippen LogP contribution is -2.43. The van der Waals surface area contributed by atoms with E-state index in [2.05, 4.69) is 15.0 Å². The van der Waals surface area contributed by atoms with Gasteiger partial charge >= 0.3 is 5.97 Å². The number of ether oxygens (including phenoxy) is 1. The van der Waals surface area contributed by atoms with E-state index in [4.69, 9.17) is 5.11 Å². The molecule has 0 spiro atoms. The standard InChI is InChI=1S/C8H10N2O4S/c1-14-8(13)5(3-11)10-7(12)6-2-9-4-15-6/h2,4-5,11H,3H2,1H3,(H,10,12). The molecule has 15 heavy (non-hydrogen) atoms. The monoisotopic (exact) mass is 230 g/mol. The minimum Gasteiger partial charge on any atom is -0.467 e. The van der Waals surface area contributed by atoms with Crippen LogP contribution in [0.15, 0.2) is 11.7 Å². The van der Waals surface area contributed by atoms with Crippen molar-refractivity contribution in [2.45, 2.75) is 6.04 Å². The largest absolute Gasteiger partial charge is 0.467 e. The van der Waals surface area contributed by atoms with E-state index in [1.807, 2.05) is 0 Å². The van der Waals surface area contributed by atoms with Crippen molar-refractivity contribution in [2.24, 2.45) is 0 Å². The minimum atomic E-state index is -1.04. The molecule has 1 amide bonds. The summed E-state index contributed by atoms with van der Waals surface area (Å²) in [6.45, 7) is -0.503. The van der Waals surface area contributed by atoms with Crippen LogP contribution in [0.3, 0.4) is 0 Å². The van der Waals surface area contributed by atoms with Gasteiger partial charge in [0.1, 0.15) is 4.88 Å². The molecule has 0 aliphatic rings. The van der Waals surface area contributed by atoms with Gasteiger partial charge in [-0.1, -0.05) is 0 Å². The molecule has 7 heteroatoms. The number of esters is 1. The molecule has 1 aromatic heterocycles. The summed E-state index contributed by atoms with van der Waals surface area (Å²) >= 11 is 1.15. The van der Waals surface area contributed by atoms with E-state index < -0.39 is 24.5 Å². The number of thiazole rings is 1. The number of aromatic nitrogens is 1. The smallest absolute Gasteiger partial charge is 0.330 e. The van der Waals surface area contributed by atoms with Crippen molar-refractivity contribution in [3.63, 3.8) is 0 Å². The first-order valence-corrected chi connectivity index (χ1v) is 4.95. The van der Waals surface area contributed by atoms with Crippen LogP contribution in [0.2, 0.25) is 0 Å². The van der Waals surface area contributed by atoms with Crippen molar-refractivity contribution in [3.8, 4) is 0 Å². The van der Waals surface area contributed by atoms with E-state index in [1.165, 1.54) is 18.8 Å². The number of aliphatic hydroxyl groups is 1. The van der Waals surface area contributed by atoms with Gasteiger partial charge in [0.25, 0.3) is 5.91 Å². The van der Waals surface area contributed by atoms with Crippen LogP contribution in [0.1, 0.15) is 9.67 Å². The molecule has 0 aliphatic carbocycles. The van der Waals surface area contributed by atoms with E-state index in [0.29, 0.717) is 4.88 Å². The van der Waals surface area contributed by atoms with Gasteiger partial charge in [0.05, 0.1) is 25.4 Å². The summed E-state index contributed by atoms with van der Waals surface area (Å²) in [7, 11) is 1.18. The molecular formula is C8H10N2O4S. The summed E-state index contributed by atoms with van der Waals surface area (Å²) in [6.07, 6.45) is 1.38. The van der Waals surface area contributed by atoms with Crippen LogP contribution in [-0.4, -0.2) is 41.7 Å². The third kappa shape index (κ3) is 3.00. The molecule has 1 aromatic rings. The third-order valence-electron chi connectivity index (χ3n) is 1.63. The third-order valence-corrected chi connectivity index (χ3v) is 2.40. The molecule has 1 rings (SSSR count). The highest BCUT2D eigenvalue weighted by Gasteiger charge is 2.21. The molecule has 2 N–H and O–H groups in total. The van der Waals surface area contributed by atoms with Crippen molar-refractivity contribution >= 4 is 23.2 Å². The van der Waals surface area contributed by atoms with Gasteiger partial charge in [-0.05, 0) is 0 Å². The number of nitrogens with one attached hydrogen (secondary N) is 1. The van der Waals surface area contributed by atoms with Crippen LogP contribution in [0.5, 0.6) is 0 Å². The van der Waals surface area contributed by atoms with E-state index in [9.17, 15) is 9.59 Å². The van der Waals surface area contributed by atoms with E-state index in [1.54, 1.807) is 0 Å². The fourth-order valence-electron chi connectivity index (χ4n) is 0.879. The number of rotatable bonds is 4. The van der Waals surface area contributed by atoms with Crippen molar-refractivity contribution < 1.29 is 19.4 Å². The maximum Gasteiger partial charge on any atom is 0.330 e. The second kappa shape index (κ2) is 5.42. The summed E-state index contributed by atoms with van der Waals surface area (Å²) in [5.41, 5.74) is 1.50. The summed E-state index contributed by atoms with van der Waals surface area (Å²) < 4.78 is 4.40. The summed E-state index contributed by atoms with van der Waals surface area (Å²) in [5.74, 6) is -1.14. The Kier molecular flexibility index (Phi) is 4.19. The Morgan fingerprint density at radius 2 is 2.47 bits per heavy atom. The van der Waals surface area contributed by atoms with Gasteiger partial charge in [0.15, 0.2) is 6.04 Å². The predicted molar refractivity (Wildman–Crippen MR) is 52.5 cm³/mol. The Labute approximate surface area is 89.9 Å². The predicted octanol–water partition coefficient (Wildman–Crippen LogP) is -0.593. The lowest BCUT2D eigenvalue weighted by atomic mass is 10.3. The molecule has 1 atom stereocenters. The Balaban J connectivity index is 2.60. The second-order valence-corrected chi connectivity index (χ2v) is 3.48. The molecule has 0 radical (unpaired) electrons. The van der Waals surface area contributed by atoms with Crippen LogP contribution < -0.4 is 5.32 Å². The Morgan fingerprint density at radius 3 is 2.93 bits per heavy atom. The fraction of sp³-hybridized carbons (Fsp3) is 0.375. The van der Waals surface area contributed by atoms with Crippen molar-refractivity contribution in [3.05, 3.63) is 16.6 Å². The van der Waals surface area contributed by atoms with Crippen LogP contribution in [0, 0.1) is 0 Å². The number of hydrogen-bond donors (Lipinski definition) is 2. The SMILES string of the molecule is COC(=O)C(CO)NC(=O)c1cncs1. The number of hydrogen-bond acceptors (Lipinski definition) is 6. The second-order valence-electron chi connectivity index (χ2n) is 2.60. The maximum absolute atomic E-state index is 11.4. The molecule has 0 saturated carbocycles. The Hall–Kier alpha value is -1.47. The molecular weight excluding hydrogens is 220 g/mol. The van der Waals surface area contributed by atoms with Gasteiger partial charge in [0, 0.05) is 0 Å². The van der Waals surface area contributed by atoms with Crippen molar-refractivity contribution in [1.82, 2.24) is 10.3 Å². The molecule has 1 unspecified atom stereocenters. The quantitative estimate of drug-likeness (QED) is 0.675. The lowest BCUT2D eigenvalue weighted by molar-refractivity contribution is -0.143. The molecule has 0 bridgehead atoms.